The summed E-state index contributed by atoms with van der Waals surface area (Å²) in [5.74, 6) is 2.26. The molecule has 0 amide bonds. The zero-order valence-corrected chi connectivity index (χ0v) is 14.2. The first-order valence-corrected chi connectivity index (χ1v) is 8.13. The summed E-state index contributed by atoms with van der Waals surface area (Å²) in [7, 11) is 1.51. The lowest BCUT2D eigenvalue weighted by atomic mass is 10.2. The van der Waals surface area contributed by atoms with Crippen molar-refractivity contribution >= 4 is 18.1 Å². The van der Waals surface area contributed by atoms with Gasteiger partial charge in [-0.05, 0) is 23.8 Å². The van der Waals surface area contributed by atoms with Crippen molar-refractivity contribution in [1.82, 2.24) is 15.0 Å². The van der Waals surface area contributed by atoms with Crippen LogP contribution >= 0.6 is 0 Å². The molecule has 0 radical (unpaired) electrons. The molecule has 3 heterocycles. The van der Waals surface area contributed by atoms with Gasteiger partial charge in [0.25, 0.3) is 5.95 Å². The molecule has 1 aromatic heterocycles. The quantitative estimate of drug-likeness (QED) is 0.616. The molecule has 0 aliphatic carbocycles. The number of nitrogens with zero attached hydrogens (tertiary/aromatic N) is 5. The molecule has 0 spiro atoms. The number of morpholine rings is 1. The topological polar surface area (TPSA) is 103 Å². The van der Waals surface area contributed by atoms with Crippen LogP contribution in [0.1, 0.15) is 5.56 Å². The Bertz CT molecular complexity index is 809. The molecule has 1 N–H and O–H groups in total. The average Bonchev–Trinajstić information content (AvgIpc) is 3.16. The van der Waals surface area contributed by atoms with Crippen molar-refractivity contribution in [2.24, 2.45) is 5.10 Å². The molecular weight excluding hydrogens is 340 g/mol. The Hall–Kier alpha value is -3.14. The Labute approximate surface area is 149 Å². The van der Waals surface area contributed by atoms with E-state index >= 15 is 0 Å². The van der Waals surface area contributed by atoms with Crippen LogP contribution < -0.4 is 24.5 Å². The number of hydrazone groups is 1. The third kappa shape index (κ3) is 3.59. The Kier molecular flexibility index (Phi) is 4.65. The van der Waals surface area contributed by atoms with Crippen molar-refractivity contribution in [2.75, 3.05) is 50.5 Å². The van der Waals surface area contributed by atoms with Crippen molar-refractivity contribution in [2.45, 2.75) is 0 Å². The van der Waals surface area contributed by atoms with Crippen molar-refractivity contribution in [3.05, 3.63) is 23.8 Å². The third-order valence-corrected chi connectivity index (χ3v) is 3.85. The zero-order valence-electron chi connectivity index (χ0n) is 14.2. The summed E-state index contributed by atoms with van der Waals surface area (Å²) in [6.45, 7) is 2.95. The van der Waals surface area contributed by atoms with Gasteiger partial charge in [-0.1, -0.05) is 0 Å². The van der Waals surface area contributed by atoms with Crippen LogP contribution in [0.25, 0.3) is 0 Å². The molecule has 2 aliphatic heterocycles. The Balaban J connectivity index is 1.48. The largest absolute Gasteiger partial charge is 0.467 e. The molecule has 10 nitrogen and oxygen atoms in total. The summed E-state index contributed by atoms with van der Waals surface area (Å²) in [6, 6.07) is 5.79. The van der Waals surface area contributed by atoms with Gasteiger partial charge in [-0.25, -0.2) is 5.43 Å². The van der Waals surface area contributed by atoms with Gasteiger partial charge in [-0.15, -0.1) is 0 Å². The summed E-state index contributed by atoms with van der Waals surface area (Å²) >= 11 is 0. The maximum absolute atomic E-state index is 5.35. The van der Waals surface area contributed by atoms with E-state index < -0.39 is 0 Å². The number of fused-ring (bicyclic) bond motifs is 1. The number of nitrogens with one attached hydrogen (secondary N) is 1. The molecule has 1 fully saturated rings. The fourth-order valence-corrected chi connectivity index (χ4v) is 2.55. The molecule has 26 heavy (non-hydrogen) atoms. The van der Waals surface area contributed by atoms with Crippen LogP contribution in [-0.4, -0.2) is 61.4 Å². The molecule has 1 aromatic carbocycles. The zero-order chi connectivity index (χ0) is 17.8. The van der Waals surface area contributed by atoms with E-state index in [0.29, 0.717) is 43.9 Å². The van der Waals surface area contributed by atoms with Crippen molar-refractivity contribution in [3.8, 4) is 17.5 Å². The van der Waals surface area contributed by atoms with Gasteiger partial charge in [0.05, 0.1) is 26.5 Å². The standard InChI is InChI=1S/C16H18N6O4/c1-23-16-19-14(18-15(20-16)22-4-6-24-7-5-22)21-17-9-11-2-3-12-13(8-11)26-10-25-12/h2-3,8-9H,4-7,10H2,1H3,(H,18,19,20,21)/b17-9-. The van der Waals surface area contributed by atoms with E-state index in [4.69, 9.17) is 18.9 Å². The SMILES string of the molecule is COc1nc(N/N=C\c2ccc3c(c2)OCO3)nc(N2CCOCC2)n1. The molecule has 10 heteroatoms. The lowest BCUT2D eigenvalue weighted by molar-refractivity contribution is 0.122. The number of rotatable bonds is 5. The predicted molar refractivity (Wildman–Crippen MR) is 93.2 cm³/mol. The molecule has 0 saturated carbocycles. The van der Waals surface area contributed by atoms with Gasteiger partial charge < -0.3 is 23.8 Å². The number of methoxy groups -OCH3 is 1. The van der Waals surface area contributed by atoms with Gasteiger partial charge in [0.1, 0.15) is 0 Å². The lowest BCUT2D eigenvalue weighted by Gasteiger charge is -2.26. The Morgan fingerprint density at radius 1 is 1.15 bits per heavy atom. The highest BCUT2D eigenvalue weighted by Gasteiger charge is 2.17. The number of hydrogen-bond acceptors (Lipinski definition) is 10. The maximum atomic E-state index is 5.35. The number of benzene rings is 1. The van der Waals surface area contributed by atoms with Crippen LogP contribution in [0.15, 0.2) is 23.3 Å². The van der Waals surface area contributed by atoms with Gasteiger partial charge in [-0.2, -0.15) is 20.1 Å². The molecule has 2 aromatic rings. The molecule has 1 saturated heterocycles. The van der Waals surface area contributed by atoms with Gasteiger partial charge >= 0.3 is 6.01 Å². The van der Waals surface area contributed by atoms with Crippen LogP contribution in [0.3, 0.4) is 0 Å². The molecular formula is C16H18N6O4. The summed E-state index contributed by atoms with van der Waals surface area (Å²) < 4.78 is 21.1. The first-order valence-electron chi connectivity index (χ1n) is 8.13. The van der Waals surface area contributed by atoms with Gasteiger partial charge in [0.2, 0.25) is 12.7 Å². The van der Waals surface area contributed by atoms with Gasteiger partial charge in [0.15, 0.2) is 11.5 Å². The highest BCUT2D eigenvalue weighted by atomic mass is 16.7. The number of aromatic nitrogens is 3. The van der Waals surface area contributed by atoms with E-state index in [2.05, 4.69) is 25.5 Å². The Morgan fingerprint density at radius 3 is 2.85 bits per heavy atom. The van der Waals surface area contributed by atoms with Crippen LogP contribution in [0, 0.1) is 0 Å². The highest BCUT2D eigenvalue weighted by Crippen LogP contribution is 2.32. The lowest BCUT2D eigenvalue weighted by Crippen LogP contribution is -2.37. The van der Waals surface area contributed by atoms with E-state index in [9.17, 15) is 0 Å². The number of anilines is 2. The first-order chi connectivity index (χ1) is 12.8. The summed E-state index contributed by atoms with van der Waals surface area (Å²) in [6.07, 6.45) is 1.65. The summed E-state index contributed by atoms with van der Waals surface area (Å²) in [5, 5.41) is 4.18. The molecule has 0 atom stereocenters. The third-order valence-electron chi connectivity index (χ3n) is 3.85. The Morgan fingerprint density at radius 2 is 2.00 bits per heavy atom. The van der Waals surface area contributed by atoms with Crippen LogP contribution in [0.2, 0.25) is 0 Å². The second-order valence-corrected chi connectivity index (χ2v) is 5.53. The minimum atomic E-state index is 0.224. The first kappa shape index (κ1) is 16.3. The molecule has 0 bridgehead atoms. The normalized spacial score (nSPS) is 16.1. The minimum Gasteiger partial charge on any atom is -0.467 e. The summed E-state index contributed by atoms with van der Waals surface area (Å²) in [5.41, 5.74) is 3.67. The van der Waals surface area contributed by atoms with E-state index in [1.807, 2.05) is 23.1 Å². The average molecular weight is 358 g/mol. The molecule has 4 rings (SSSR count). The highest BCUT2D eigenvalue weighted by molar-refractivity contribution is 5.81. The number of hydrogen-bond donors (Lipinski definition) is 1. The van der Waals surface area contributed by atoms with Crippen LogP contribution in [0.5, 0.6) is 17.5 Å². The van der Waals surface area contributed by atoms with E-state index in [0.717, 1.165) is 11.3 Å². The van der Waals surface area contributed by atoms with E-state index in [1.165, 1.54) is 7.11 Å². The minimum absolute atomic E-state index is 0.224. The van der Waals surface area contributed by atoms with Crippen LogP contribution in [0.4, 0.5) is 11.9 Å². The smallest absolute Gasteiger partial charge is 0.322 e. The van der Waals surface area contributed by atoms with Crippen molar-refractivity contribution in [3.63, 3.8) is 0 Å². The molecule has 136 valence electrons. The fraction of sp³-hybridized carbons (Fsp3) is 0.375. The van der Waals surface area contributed by atoms with Crippen molar-refractivity contribution in [1.29, 1.82) is 0 Å². The molecule has 2 aliphatic rings. The second-order valence-electron chi connectivity index (χ2n) is 5.53. The summed E-state index contributed by atoms with van der Waals surface area (Å²) in [4.78, 5) is 14.9. The second kappa shape index (κ2) is 7.40. The number of ether oxygens (including phenoxy) is 4. The monoisotopic (exact) mass is 358 g/mol. The van der Waals surface area contributed by atoms with E-state index in [-0.39, 0.29) is 12.8 Å². The van der Waals surface area contributed by atoms with Crippen LogP contribution in [-0.2, 0) is 4.74 Å². The van der Waals surface area contributed by atoms with E-state index in [1.54, 1.807) is 6.21 Å². The predicted octanol–water partition coefficient (Wildman–Crippen LogP) is 0.891. The van der Waals surface area contributed by atoms with Gasteiger partial charge in [0, 0.05) is 13.1 Å². The fourth-order valence-electron chi connectivity index (χ4n) is 2.55. The van der Waals surface area contributed by atoms with Gasteiger partial charge in [-0.3, -0.25) is 0 Å². The maximum Gasteiger partial charge on any atom is 0.322 e. The molecule has 0 unspecified atom stereocenters. The van der Waals surface area contributed by atoms with Crippen molar-refractivity contribution < 1.29 is 18.9 Å².